The maximum atomic E-state index is 13.6. The van der Waals surface area contributed by atoms with E-state index in [1.807, 2.05) is 86.5 Å². The molecule has 0 atom stereocenters. The molecule has 4 aromatic rings. The van der Waals surface area contributed by atoms with Crippen LogP contribution in [0.25, 0.3) is 23.1 Å². The third kappa shape index (κ3) is 7.40. The third-order valence-electron chi connectivity index (χ3n) is 5.85. The second kappa shape index (κ2) is 12.5. The number of aromatic nitrogens is 2. The van der Waals surface area contributed by atoms with E-state index in [0.29, 0.717) is 34.6 Å². The van der Waals surface area contributed by atoms with Crippen LogP contribution in [0, 0.1) is 5.82 Å². The molecule has 0 aliphatic heterocycles. The van der Waals surface area contributed by atoms with Crippen LogP contribution in [-0.2, 0) is 4.79 Å². The van der Waals surface area contributed by atoms with E-state index < -0.39 is 5.82 Å². The summed E-state index contributed by atoms with van der Waals surface area (Å²) >= 11 is 5.96. The first-order valence-electron chi connectivity index (χ1n) is 12.3. The van der Waals surface area contributed by atoms with E-state index in [9.17, 15) is 9.18 Å². The molecule has 0 unspecified atom stereocenters. The highest BCUT2D eigenvalue weighted by molar-refractivity contribution is 6.31. The first kappa shape index (κ1) is 27.8. The first-order chi connectivity index (χ1) is 18.7. The number of likely N-dealkylation sites (N-methyl/N-ethyl adjacent to an activating group) is 1. The summed E-state index contributed by atoms with van der Waals surface area (Å²) in [5, 5.41) is 6.85. The minimum Gasteiger partial charge on any atom is -0.378 e. The topological polar surface area (TPSA) is 73.4 Å². The lowest BCUT2D eigenvalue weighted by Gasteiger charge is -2.13. The van der Waals surface area contributed by atoms with Crippen molar-refractivity contribution in [2.75, 3.05) is 50.3 Å². The molecule has 2 N–H and O–H groups in total. The molecule has 1 aromatic heterocycles. The van der Waals surface area contributed by atoms with Crippen LogP contribution in [0.15, 0.2) is 73.1 Å². The van der Waals surface area contributed by atoms with Gasteiger partial charge < -0.3 is 20.4 Å². The molecule has 0 aliphatic carbocycles. The highest BCUT2D eigenvalue weighted by atomic mass is 35.5. The summed E-state index contributed by atoms with van der Waals surface area (Å²) in [6.07, 6.45) is 8.69. The van der Waals surface area contributed by atoms with Crippen molar-refractivity contribution in [3.05, 3.63) is 95.0 Å². The summed E-state index contributed by atoms with van der Waals surface area (Å²) in [5.74, 6) is -0.260. The summed E-state index contributed by atoms with van der Waals surface area (Å²) in [5.41, 5.74) is 4.74. The third-order valence-corrected chi connectivity index (χ3v) is 6.14. The minimum absolute atomic E-state index is 0.00173. The lowest BCUT2D eigenvalue weighted by Crippen LogP contribution is -2.13. The highest BCUT2D eigenvalue weighted by Gasteiger charge is 2.12. The zero-order chi connectivity index (χ0) is 27.9. The number of amides is 1. The van der Waals surface area contributed by atoms with Crippen molar-refractivity contribution in [3.63, 3.8) is 0 Å². The number of nitrogens with zero attached hydrogens (tertiary/aromatic N) is 4. The number of anilines is 4. The van der Waals surface area contributed by atoms with E-state index >= 15 is 0 Å². The lowest BCUT2D eigenvalue weighted by molar-refractivity contribution is -0.111. The maximum absolute atomic E-state index is 13.6. The van der Waals surface area contributed by atoms with Crippen LogP contribution < -0.4 is 15.5 Å². The second-order valence-electron chi connectivity index (χ2n) is 9.41. The molecule has 0 bridgehead atoms. The van der Waals surface area contributed by atoms with E-state index in [-0.39, 0.29) is 10.9 Å². The summed E-state index contributed by atoms with van der Waals surface area (Å²) in [7, 11) is 7.86. The van der Waals surface area contributed by atoms with Gasteiger partial charge in [0, 0.05) is 54.7 Å². The Hall–Kier alpha value is -4.27. The lowest BCUT2D eigenvalue weighted by atomic mass is 10.1. The van der Waals surface area contributed by atoms with Gasteiger partial charge in [0.05, 0.1) is 10.5 Å². The number of rotatable bonds is 9. The van der Waals surface area contributed by atoms with Gasteiger partial charge in [0.2, 0.25) is 5.91 Å². The molecule has 0 spiro atoms. The van der Waals surface area contributed by atoms with Crippen molar-refractivity contribution in [1.82, 2.24) is 14.9 Å². The van der Waals surface area contributed by atoms with E-state index in [2.05, 4.69) is 20.6 Å². The van der Waals surface area contributed by atoms with Gasteiger partial charge in [0.25, 0.3) is 0 Å². The monoisotopic (exact) mass is 544 g/mol. The van der Waals surface area contributed by atoms with Gasteiger partial charge in [0.15, 0.2) is 0 Å². The Morgan fingerprint density at radius 1 is 1.00 bits per heavy atom. The normalized spacial score (nSPS) is 11.6. The largest absolute Gasteiger partial charge is 0.378 e. The molecule has 0 fully saturated rings. The fraction of sp³-hybridized carbons (Fsp3) is 0.167. The number of carbonyl (C=O) groups excluding carboxylic acids is 1. The molecule has 0 saturated carbocycles. The number of carbonyl (C=O) groups is 1. The Labute approximate surface area is 232 Å². The fourth-order valence-electron chi connectivity index (χ4n) is 3.79. The molecule has 0 saturated heterocycles. The summed E-state index contributed by atoms with van der Waals surface area (Å²) < 4.78 is 13.6. The van der Waals surface area contributed by atoms with Gasteiger partial charge in [-0.25, -0.2) is 14.4 Å². The SMILES string of the molecule is CN(C)C/C=C/C(=O)Nc1cc2c(Nc3ccc(F)c(Cl)c3)ncnc2cc1/C=C/c1ccc(N(C)C)cc1. The summed E-state index contributed by atoms with van der Waals surface area (Å²) in [4.78, 5) is 25.6. The van der Waals surface area contributed by atoms with E-state index in [4.69, 9.17) is 11.6 Å². The zero-order valence-electron chi connectivity index (χ0n) is 22.2. The van der Waals surface area contributed by atoms with Gasteiger partial charge in [-0.05, 0) is 62.1 Å². The molecule has 0 radical (unpaired) electrons. The minimum atomic E-state index is -0.505. The second-order valence-corrected chi connectivity index (χ2v) is 9.81. The molecule has 4 rings (SSSR count). The Kier molecular flexibility index (Phi) is 8.91. The number of hydrogen-bond donors (Lipinski definition) is 2. The smallest absolute Gasteiger partial charge is 0.248 e. The van der Waals surface area contributed by atoms with Gasteiger partial charge in [-0.3, -0.25) is 4.79 Å². The molecule has 9 heteroatoms. The average molecular weight is 545 g/mol. The van der Waals surface area contributed by atoms with Gasteiger partial charge in [-0.15, -0.1) is 0 Å². The summed E-state index contributed by atoms with van der Waals surface area (Å²) in [6.45, 7) is 0.642. The molecule has 3 aromatic carbocycles. The van der Waals surface area contributed by atoms with Crippen molar-refractivity contribution < 1.29 is 9.18 Å². The molecule has 7 nitrogen and oxygen atoms in total. The predicted octanol–water partition coefficient (Wildman–Crippen LogP) is 6.46. The predicted molar refractivity (Wildman–Crippen MR) is 160 cm³/mol. The van der Waals surface area contributed by atoms with Gasteiger partial charge in [0.1, 0.15) is 18.0 Å². The Bertz CT molecular complexity index is 1530. The van der Waals surface area contributed by atoms with Crippen molar-refractivity contribution >= 4 is 63.4 Å². The zero-order valence-corrected chi connectivity index (χ0v) is 23.0. The van der Waals surface area contributed by atoms with Gasteiger partial charge in [-0.1, -0.05) is 42.0 Å². The van der Waals surface area contributed by atoms with Crippen LogP contribution >= 0.6 is 11.6 Å². The molecular formula is C30H30ClFN6O. The van der Waals surface area contributed by atoms with E-state index in [1.54, 1.807) is 12.1 Å². The first-order valence-corrected chi connectivity index (χ1v) is 12.7. The molecule has 1 amide bonds. The van der Waals surface area contributed by atoms with E-state index in [1.165, 1.54) is 24.5 Å². The molecular weight excluding hydrogens is 515 g/mol. The van der Waals surface area contributed by atoms with Gasteiger partial charge >= 0.3 is 0 Å². The van der Waals surface area contributed by atoms with Crippen molar-refractivity contribution in [2.24, 2.45) is 0 Å². The van der Waals surface area contributed by atoms with Crippen molar-refractivity contribution in [2.45, 2.75) is 0 Å². The van der Waals surface area contributed by atoms with Gasteiger partial charge in [-0.2, -0.15) is 0 Å². The molecule has 39 heavy (non-hydrogen) atoms. The maximum Gasteiger partial charge on any atom is 0.248 e. The van der Waals surface area contributed by atoms with Crippen molar-refractivity contribution in [3.8, 4) is 0 Å². The Morgan fingerprint density at radius 3 is 2.46 bits per heavy atom. The number of nitrogens with one attached hydrogen (secondary N) is 2. The molecule has 0 aliphatic rings. The highest BCUT2D eigenvalue weighted by Crippen LogP contribution is 2.31. The number of hydrogen-bond acceptors (Lipinski definition) is 6. The quantitative estimate of drug-likeness (QED) is 0.186. The van der Waals surface area contributed by atoms with Crippen molar-refractivity contribution in [1.29, 1.82) is 0 Å². The van der Waals surface area contributed by atoms with Crippen LogP contribution in [0.4, 0.5) is 27.3 Å². The number of benzene rings is 3. The van der Waals surface area contributed by atoms with Crippen LogP contribution in [-0.4, -0.2) is 55.5 Å². The van der Waals surface area contributed by atoms with E-state index in [0.717, 1.165) is 16.8 Å². The summed E-state index contributed by atoms with van der Waals surface area (Å²) in [6, 6.07) is 16.2. The molecule has 1 heterocycles. The molecule has 200 valence electrons. The number of fused-ring (bicyclic) bond motifs is 1. The van der Waals surface area contributed by atoms with Crippen LogP contribution in [0.1, 0.15) is 11.1 Å². The Morgan fingerprint density at radius 2 is 1.77 bits per heavy atom. The standard InChI is InChI=1S/C30H30ClFN6O/c1-37(2)15-5-6-29(39)36-27-18-24-28(16-21(27)10-7-20-8-12-23(13-9-20)38(3)4)33-19-34-30(24)35-22-11-14-26(32)25(31)17-22/h5-14,16-19H,15H2,1-4H3,(H,36,39)(H,33,34,35)/b6-5+,10-7+. The van der Waals surface area contributed by atoms with Crippen LogP contribution in [0.5, 0.6) is 0 Å². The fourth-order valence-corrected chi connectivity index (χ4v) is 3.97. The Balaban J connectivity index is 1.72. The number of halogens is 2. The van der Waals surface area contributed by atoms with Crippen LogP contribution in [0.3, 0.4) is 0 Å². The average Bonchev–Trinajstić information content (AvgIpc) is 2.90. The van der Waals surface area contributed by atoms with Crippen LogP contribution in [0.2, 0.25) is 5.02 Å².